The molecule has 1 aliphatic carbocycles. The van der Waals surface area contributed by atoms with Crippen molar-refractivity contribution in [3.05, 3.63) is 0 Å². The van der Waals surface area contributed by atoms with Crippen LogP contribution in [0, 0.1) is 0 Å². The third-order valence-electron chi connectivity index (χ3n) is 1.89. The third kappa shape index (κ3) is 9.88. The maximum atomic E-state index is 5.17. The fourth-order valence-corrected chi connectivity index (χ4v) is 1.21. The predicted molar refractivity (Wildman–Crippen MR) is 54.1 cm³/mol. The smallest absolute Gasteiger partial charge is 0.00750 e. The molecule has 74 valence electrons. The summed E-state index contributed by atoms with van der Waals surface area (Å²) < 4.78 is 0. The van der Waals surface area contributed by atoms with Crippen LogP contribution in [0.2, 0.25) is 0 Å². The molecule has 1 fully saturated rings. The molecule has 0 saturated heterocycles. The molecule has 1 aliphatic rings. The van der Waals surface area contributed by atoms with Crippen LogP contribution in [0.1, 0.15) is 32.1 Å². The average Bonchev–Trinajstić information content (AvgIpc) is 2.62. The van der Waals surface area contributed by atoms with Crippen molar-refractivity contribution in [2.24, 2.45) is 11.5 Å². The van der Waals surface area contributed by atoms with Gasteiger partial charge >= 0.3 is 0 Å². The molecule has 1 rings (SSSR count). The number of hydrogen-bond acceptors (Lipinski definition) is 3. The van der Waals surface area contributed by atoms with Crippen molar-refractivity contribution < 1.29 is 0 Å². The van der Waals surface area contributed by atoms with Crippen molar-refractivity contribution in [2.75, 3.05) is 26.2 Å². The second kappa shape index (κ2) is 10.9. The van der Waals surface area contributed by atoms with Gasteiger partial charge in [-0.3, -0.25) is 0 Å². The second-order valence-corrected chi connectivity index (χ2v) is 3.10. The van der Waals surface area contributed by atoms with Crippen molar-refractivity contribution >= 4 is 0 Å². The Morgan fingerprint density at radius 2 is 1.08 bits per heavy atom. The number of nitrogens with two attached hydrogens (primary N) is 2. The highest BCUT2D eigenvalue weighted by Crippen LogP contribution is 2.15. The number of rotatable bonds is 4. The Kier molecular flexibility index (Phi) is 10.8. The zero-order chi connectivity index (χ0) is 9.07. The second-order valence-electron chi connectivity index (χ2n) is 3.10. The summed E-state index contributed by atoms with van der Waals surface area (Å²) in [5, 5.41) is 3.03. The van der Waals surface area contributed by atoms with Crippen molar-refractivity contribution in [2.45, 2.75) is 32.1 Å². The lowest BCUT2D eigenvalue weighted by Gasteiger charge is -1.95. The summed E-state index contributed by atoms with van der Waals surface area (Å²) in [5.74, 6) is 0. The molecule has 0 bridgehead atoms. The van der Waals surface area contributed by atoms with Crippen molar-refractivity contribution in [3.8, 4) is 0 Å². The lowest BCUT2D eigenvalue weighted by Crippen LogP contribution is -2.27. The Morgan fingerprint density at radius 3 is 1.33 bits per heavy atom. The monoisotopic (exact) mass is 173 g/mol. The Balaban J connectivity index is 0.000000211. The van der Waals surface area contributed by atoms with E-state index < -0.39 is 0 Å². The molecule has 0 radical (unpaired) electrons. The lowest BCUT2D eigenvalue weighted by atomic mass is 10.4. The van der Waals surface area contributed by atoms with Crippen LogP contribution in [0.25, 0.3) is 0 Å². The van der Waals surface area contributed by atoms with Crippen molar-refractivity contribution in [1.29, 1.82) is 0 Å². The van der Waals surface area contributed by atoms with Gasteiger partial charge in [0.25, 0.3) is 0 Å². The molecule has 0 spiro atoms. The summed E-state index contributed by atoms with van der Waals surface area (Å²) >= 11 is 0. The Bertz CT molecular complexity index is 60.6. The van der Waals surface area contributed by atoms with Crippen LogP contribution in [-0.2, 0) is 0 Å². The quantitative estimate of drug-likeness (QED) is 0.541. The maximum absolute atomic E-state index is 5.17. The highest BCUT2D eigenvalue weighted by Gasteiger charge is 1.95. The van der Waals surface area contributed by atoms with Crippen LogP contribution >= 0.6 is 0 Å². The van der Waals surface area contributed by atoms with Gasteiger partial charge in [-0.15, -0.1) is 0 Å². The van der Waals surface area contributed by atoms with Crippen LogP contribution < -0.4 is 16.8 Å². The Labute approximate surface area is 75.9 Å². The normalized spacial score (nSPS) is 15.5. The van der Waals surface area contributed by atoms with Crippen LogP contribution in [0.3, 0.4) is 0 Å². The molecule has 12 heavy (non-hydrogen) atoms. The highest BCUT2D eigenvalue weighted by atomic mass is 14.9. The summed E-state index contributed by atoms with van der Waals surface area (Å²) in [6.45, 7) is 3.13. The van der Waals surface area contributed by atoms with Gasteiger partial charge in [-0.2, -0.15) is 0 Å². The summed E-state index contributed by atoms with van der Waals surface area (Å²) in [5.41, 5.74) is 10.3. The molecular weight excluding hydrogens is 150 g/mol. The molecule has 0 aliphatic heterocycles. The first-order valence-corrected chi connectivity index (χ1v) is 5.02. The molecule has 0 amide bonds. The first-order valence-electron chi connectivity index (χ1n) is 5.02. The summed E-state index contributed by atoms with van der Waals surface area (Å²) in [6.07, 6.45) is 7.50. The molecule has 1 saturated carbocycles. The number of nitrogens with one attached hydrogen (secondary N) is 1. The van der Waals surface area contributed by atoms with Crippen LogP contribution in [0.5, 0.6) is 0 Å². The largest absolute Gasteiger partial charge is 0.329 e. The van der Waals surface area contributed by atoms with Crippen LogP contribution in [0.15, 0.2) is 0 Å². The van der Waals surface area contributed by atoms with E-state index in [-0.39, 0.29) is 0 Å². The minimum Gasteiger partial charge on any atom is -0.329 e. The molecule has 0 heterocycles. The van der Waals surface area contributed by atoms with Gasteiger partial charge in [0.1, 0.15) is 0 Å². The van der Waals surface area contributed by atoms with Gasteiger partial charge in [0, 0.05) is 26.2 Å². The zero-order valence-electron chi connectivity index (χ0n) is 8.02. The molecule has 5 N–H and O–H groups in total. The van der Waals surface area contributed by atoms with Crippen molar-refractivity contribution in [1.82, 2.24) is 5.32 Å². The molecule has 0 aromatic heterocycles. The first kappa shape index (κ1) is 11.9. The lowest BCUT2D eigenvalue weighted by molar-refractivity contribution is 0.696. The molecule has 3 nitrogen and oxygen atoms in total. The fourth-order valence-electron chi connectivity index (χ4n) is 1.21. The van der Waals surface area contributed by atoms with E-state index in [9.17, 15) is 0 Å². The molecule has 0 aromatic carbocycles. The third-order valence-corrected chi connectivity index (χ3v) is 1.89. The van der Waals surface area contributed by atoms with Gasteiger partial charge in [0.15, 0.2) is 0 Å². The first-order chi connectivity index (χ1) is 5.91. The summed E-state index contributed by atoms with van der Waals surface area (Å²) in [4.78, 5) is 0. The topological polar surface area (TPSA) is 64.1 Å². The van der Waals surface area contributed by atoms with Crippen LogP contribution in [0.4, 0.5) is 0 Å². The molecule has 0 aromatic rings. The van der Waals surface area contributed by atoms with Gasteiger partial charge in [-0.05, 0) is 0 Å². The maximum Gasteiger partial charge on any atom is 0.00750 e. The summed E-state index contributed by atoms with van der Waals surface area (Å²) in [7, 11) is 0. The molecule has 0 unspecified atom stereocenters. The number of hydrogen-bond donors (Lipinski definition) is 3. The van der Waals surface area contributed by atoms with Gasteiger partial charge in [-0.25, -0.2) is 0 Å². The molecule has 0 atom stereocenters. The predicted octanol–water partition coefficient (Wildman–Crippen LogP) is 0.444. The van der Waals surface area contributed by atoms with Gasteiger partial charge in [-0.1, -0.05) is 32.1 Å². The van der Waals surface area contributed by atoms with E-state index in [2.05, 4.69) is 5.32 Å². The van der Waals surface area contributed by atoms with E-state index >= 15 is 0 Å². The van der Waals surface area contributed by atoms with Gasteiger partial charge < -0.3 is 16.8 Å². The zero-order valence-corrected chi connectivity index (χ0v) is 8.02. The van der Waals surface area contributed by atoms with E-state index in [1.165, 1.54) is 32.1 Å². The fraction of sp³-hybridized carbons (Fsp3) is 1.00. The standard InChI is InChI=1S/C5H10.C4H13N3/c1-2-4-5-3-1;5-1-3-7-4-2-6/h1-5H2;7H,1-6H2. The van der Waals surface area contributed by atoms with E-state index in [1.54, 1.807) is 0 Å². The Morgan fingerprint density at radius 1 is 0.750 bits per heavy atom. The highest BCUT2D eigenvalue weighted by molar-refractivity contribution is 4.51. The minimum absolute atomic E-state index is 0.694. The molecule has 3 heteroatoms. The van der Waals surface area contributed by atoms with E-state index in [0.29, 0.717) is 13.1 Å². The minimum atomic E-state index is 0.694. The van der Waals surface area contributed by atoms with Gasteiger partial charge in [0.2, 0.25) is 0 Å². The van der Waals surface area contributed by atoms with Crippen LogP contribution in [-0.4, -0.2) is 26.2 Å². The van der Waals surface area contributed by atoms with E-state index in [4.69, 9.17) is 11.5 Å². The van der Waals surface area contributed by atoms with Crippen molar-refractivity contribution in [3.63, 3.8) is 0 Å². The molecular formula is C9H23N3. The van der Waals surface area contributed by atoms with Gasteiger partial charge in [0.05, 0.1) is 0 Å². The van der Waals surface area contributed by atoms with E-state index in [0.717, 1.165) is 13.1 Å². The Hall–Kier alpha value is -0.120. The summed E-state index contributed by atoms with van der Waals surface area (Å²) in [6, 6.07) is 0. The SMILES string of the molecule is C1CCCC1.NCCNCCN. The average molecular weight is 173 g/mol. The van der Waals surface area contributed by atoms with E-state index in [1.807, 2.05) is 0 Å².